The number of hydrogen-bond acceptors (Lipinski definition) is 5. The first-order valence-corrected chi connectivity index (χ1v) is 7.97. The number of benzene rings is 2. The van der Waals surface area contributed by atoms with E-state index < -0.39 is 0 Å². The molecule has 0 saturated carbocycles. The van der Waals surface area contributed by atoms with Crippen molar-refractivity contribution < 1.29 is 23.8 Å². The van der Waals surface area contributed by atoms with Crippen LogP contribution < -0.4 is 24.4 Å². The summed E-state index contributed by atoms with van der Waals surface area (Å²) in [7, 11) is 4.79. The molecule has 0 saturated heterocycles. The van der Waals surface area contributed by atoms with E-state index in [4.69, 9.17) is 14.2 Å². The number of nitrogens with zero attached hydrogens (tertiary/aromatic N) is 1. The Morgan fingerprint density at radius 1 is 0.885 bits per heavy atom. The van der Waals surface area contributed by atoms with Gasteiger partial charge in [-0.05, 0) is 48.5 Å². The number of methoxy groups -OCH3 is 2. The van der Waals surface area contributed by atoms with Crippen molar-refractivity contribution in [2.24, 2.45) is 0 Å². The Kier molecular flexibility index (Phi) is 6.84. The van der Waals surface area contributed by atoms with Gasteiger partial charge in [-0.2, -0.15) is 0 Å². The molecular weight excluding hydrogens is 336 g/mol. The smallest absolute Gasteiger partial charge is 0.258 e. The van der Waals surface area contributed by atoms with Gasteiger partial charge in [0.15, 0.2) is 6.61 Å². The van der Waals surface area contributed by atoms with Gasteiger partial charge >= 0.3 is 0 Å². The lowest BCUT2D eigenvalue weighted by atomic mass is 10.3. The molecule has 2 aromatic rings. The summed E-state index contributed by atoms with van der Waals surface area (Å²) < 4.78 is 15.5. The average molecular weight is 358 g/mol. The van der Waals surface area contributed by atoms with Gasteiger partial charge in [0.05, 0.1) is 20.8 Å². The largest absolute Gasteiger partial charge is 0.497 e. The topological polar surface area (TPSA) is 77.1 Å². The van der Waals surface area contributed by atoms with Crippen LogP contribution in [0, 0.1) is 0 Å². The molecule has 1 N–H and O–H groups in total. The van der Waals surface area contributed by atoms with Gasteiger partial charge in [0.25, 0.3) is 5.91 Å². The van der Waals surface area contributed by atoms with E-state index in [1.165, 1.54) is 4.90 Å². The highest BCUT2D eigenvalue weighted by Gasteiger charge is 2.12. The van der Waals surface area contributed by atoms with Crippen molar-refractivity contribution in [2.45, 2.75) is 0 Å². The molecule has 2 rings (SSSR count). The number of ether oxygens (including phenoxy) is 3. The Morgan fingerprint density at radius 3 is 1.92 bits per heavy atom. The number of hydrogen-bond donors (Lipinski definition) is 1. The van der Waals surface area contributed by atoms with Crippen molar-refractivity contribution in [1.29, 1.82) is 0 Å². The molecule has 26 heavy (non-hydrogen) atoms. The fourth-order valence-electron chi connectivity index (χ4n) is 2.11. The van der Waals surface area contributed by atoms with Gasteiger partial charge in [0.2, 0.25) is 5.91 Å². The van der Waals surface area contributed by atoms with E-state index in [1.807, 2.05) is 0 Å². The minimum absolute atomic E-state index is 0.118. The highest BCUT2D eigenvalue weighted by Crippen LogP contribution is 2.18. The predicted molar refractivity (Wildman–Crippen MR) is 97.9 cm³/mol. The van der Waals surface area contributed by atoms with Crippen LogP contribution in [0.5, 0.6) is 17.2 Å². The summed E-state index contributed by atoms with van der Waals surface area (Å²) in [5, 5.41) is 2.54. The van der Waals surface area contributed by atoms with E-state index in [0.717, 1.165) is 0 Å². The standard InChI is InChI=1S/C19H22N2O5/c1-21(14-4-6-15(24-2)7-5-14)19(23)12-20-18(22)13-26-17-10-8-16(25-3)9-11-17/h4-11H,12-13H2,1-3H3,(H,20,22). The molecule has 0 radical (unpaired) electrons. The summed E-state index contributed by atoms with van der Waals surface area (Å²) in [6.07, 6.45) is 0. The monoisotopic (exact) mass is 358 g/mol. The van der Waals surface area contributed by atoms with Crippen molar-refractivity contribution in [3.05, 3.63) is 48.5 Å². The molecule has 138 valence electrons. The Morgan fingerprint density at radius 2 is 1.38 bits per heavy atom. The zero-order chi connectivity index (χ0) is 18.9. The van der Waals surface area contributed by atoms with Crippen LogP contribution in [0.4, 0.5) is 5.69 Å². The molecule has 0 heterocycles. The van der Waals surface area contributed by atoms with E-state index in [9.17, 15) is 9.59 Å². The van der Waals surface area contributed by atoms with Gasteiger partial charge in [0.1, 0.15) is 17.2 Å². The lowest BCUT2D eigenvalue weighted by molar-refractivity contribution is -0.126. The van der Waals surface area contributed by atoms with Crippen LogP contribution in [0.1, 0.15) is 0 Å². The number of amides is 2. The van der Waals surface area contributed by atoms with E-state index in [0.29, 0.717) is 22.9 Å². The van der Waals surface area contributed by atoms with E-state index in [-0.39, 0.29) is 25.0 Å². The molecule has 0 unspecified atom stereocenters. The van der Waals surface area contributed by atoms with Crippen LogP contribution in [0.3, 0.4) is 0 Å². The number of carbonyl (C=O) groups is 2. The van der Waals surface area contributed by atoms with E-state index in [1.54, 1.807) is 69.8 Å². The number of likely N-dealkylation sites (N-methyl/N-ethyl adjacent to an activating group) is 1. The fraction of sp³-hybridized carbons (Fsp3) is 0.263. The van der Waals surface area contributed by atoms with Crippen molar-refractivity contribution in [2.75, 3.05) is 39.3 Å². The molecule has 2 aromatic carbocycles. The van der Waals surface area contributed by atoms with Crippen LogP contribution in [0.15, 0.2) is 48.5 Å². The Bertz CT molecular complexity index is 729. The third kappa shape index (κ3) is 5.41. The predicted octanol–water partition coefficient (Wildman–Crippen LogP) is 1.86. The second-order valence-corrected chi connectivity index (χ2v) is 5.39. The molecule has 0 aliphatic carbocycles. The van der Waals surface area contributed by atoms with Crippen LogP contribution in [-0.4, -0.2) is 46.2 Å². The third-order valence-electron chi connectivity index (χ3n) is 3.70. The molecule has 0 spiro atoms. The van der Waals surface area contributed by atoms with Crippen LogP contribution >= 0.6 is 0 Å². The first-order chi connectivity index (χ1) is 12.5. The summed E-state index contributed by atoms with van der Waals surface area (Å²) >= 11 is 0. The molecule has 7 nitrogen and oxygen atoms in total. The van der Waals surface area contributed by atoms with Gasteiger partial charge < -0.3 is 24.4 Å². The molecular formula is C19H22N2O5. The number of rotatable bonds is 8. The highest BCUT2D eigenvalue weighted by molar-refractivity contribution is 5.96. The summed E-state index contributed by atoms with van der Waals surface area (Å²) in [5.74, 6) is 1.33. The van der Waals surface area contributed by atoms with Crippen molar-refractivity contribution in [3.63, 3.8) is 0 Å². The first kappa shape index (κ1) is 19.1. The second-order valence-electron chi connectivity index (χ2n) is 5.39. The molecule has 0 aromatic heterocycles. The van der Waals surface area contributed by atoms with Gasteiger partial charge in [-0.15, -0.1) is 0 Å². The maximum atomic E-state index is 12.2. The minimum atomic E-state index is -0.378. The Labute approximate surface area is 152 Å². The molecule has 0 bridgehead atoms. The maximum absolute atomic E-state index is 12.2. The number of nitrogens with one attached hydrogen (secondary N) is 1. The summed E-state index contributed by atoms with van der Waals surface area (Å²) in [5.41, 5.74) is 0.708. The van der Waals surface area contributed by atoms with Crippen molar-refractivity contribution in [1.82, 2.24) is 5.32 Å². The van der Waals surface area contributed by atoms with Gasteiger partial charge in [0, 0.05) is 12.7 Å². The molecule has 2 amide bonds. The minimum Gasteiger partial charge on any atom is -0.497 e. The lowest BCUT2D eigenvalue weighted by Crippen LogP contribution is -2.39. The van der Waals surface area contributed by atoms with Crippen LogP contribution in [0.25, 0.3) is 0 Å². The number of anilines is 1. The molecule has 0 aliphatic heterocycles. The van der Waals surface area contributed by atoms with E-state index in [2.05, 4.69) is 5.32 Å². The average Bonchev–Trinajstić information content (AvgIpc) is 2.70. The Hall–Kier alpha value is -3.22. The molecule has 0 aliphatic rings. The molecule has 0 atom stereocenters. The zero-order valence-corrected chi connectivity index (χ0v) is 15.0. The summed E-state index contributed by atoms with van der Waals surface area (Å²) in [6, 6.07) is 13.9. The summed E-state index contributed by atoms with van der Waals surface area (Å²) in [4.78, 5) is 25.5. The normalized spacial score (nSPS) is 9.96. The van der Waals surface area contributed by atoms with Crippen molar-refractivity contribution in [3.8, 4) is 17.2 Å². The second kappa shape index (κ2) is 9.31. The van der Waals surface area contributed by atoms with Gasteiger partial charge in [-0.25, -0.2) is 0 Å². The van der Waals surface area contributed by atoms with Crippen molar-refractivity contribution >= 4 is 17.5 Å². The van der Waals surface area contributed by atoms with Crippen LogP contribution in [-0.2, 0) is 9.59 Å². The zero-order valence-electron chi connectivity index (χ0n) is 15.0. The van der Waals surface area contributed by atoms with Crippen LogP contribution in [0.2, 0.25) is 0 Å². The molecule has 0 fully saturated rings. The SMILES string of the molecule is COc1ccc(OCC(=O)NCC(=O)N(C)c2ccc(OC)cc2)cc1. The maximum Gasteiger partial charge on any atom is 0.258 e. The Balaban J connectivity index is 1.77. The van der Waals surface area contributed by atoms with Gasteiger partial charge in [-0.1, -0.05) is 0 Å². The fourth-order valence-corrected chi connectivity index (χ4v) is 2.11. The summed E-state index contributed by atoms with van der Waals surface area (Å²) in [6.45, 7) is -0.292. The third-order valence-corrected chi connectivity index (χ3v) is 3.70. The van der Waals surface area contributed by atoms with E-state index >= 15 is 0 Å². The molecule has 7 heteroatoms. The lowest BCUT2D eigenvalue weighted by Gasteiger charge is -2.18. The number of carbonyl (C=O) groups excluding carboxylic acids is 2. The first-order valence-electron chi connectivity index (χ1n) is 7.97. The quantitative estimate of drug-likeness (QED) is 0.779. The highest BCUT2D eigenvalue weighted by atomic mass is 16.5. The van der Waals surface area contributed by atoms with Gasteiger partial charge in [-0.3, -0.25) is 9.59 Å².